The van der Waals surface area contributed by atoms with Crippen LogP contribution in [0.3, 0.4) is 0 Å². The molecule has 0 N–H and O–H groups in total. The van der Waals surface area contributed by atoms with Gasteiger partial charge in [0, 0.05) is 17.1 Å². The van der Waals surface area contributed by atoms with Gasteiger partial charge in [-0.05, 0) is 28.1 Å². The van der Waals surface area contributed by atoms with E-state index >= 15 is 0 Å². The van der Waals surface area contributed by atoms with Crippen molar-refractivity contribution >= 4 is 27.3 Å². The Bertz CT molecular complexity index is 630. The summed E-state index contributed by atoms with van der Waals surface area (Å²) in [5.41, 5.74) is 3.02. The number of halogens is 1. The fraction of sp³-hybridized carbons (Fsp3) is 0. The molecule has 0 saturated carbocycles. The van der Waals surface area contributed by atoms with Gasteiger partial charge in [0.25, 0.3) is 0 Å². The minimum absolute atomic E-state index is 0.889. The lowest BCUT2D eigenvalue weighted by Crippen LogP contribution is -1.92. The third-order valence-electron chi connectivity index (χ3n) is 2.38. The highest BCUT2D eigenvalue weighted by Gasteiger charge is 2.06. The predicted molar refractivity (Wildman–Crippen MR) is 72.4 cm³/mol. The fourth-order valence-corrected chi connectivity index (χ4v) is 2.58. The molecule has 0 fully saturated rings. The van der Waals surface area contributed by atoms with Crippen molar-refractivity contribution in [3.05, 3.63) is 52.0 Å². The summed E-state index contributed by atoms with van der Waals surface area (Å²) in [6.45, 7) is 0. The molecule has 3 aromatic rings. The molecule has 0 aliphatic carbocycles. The van der Waals surface area contributed by atoms with E-state index in [1.807, 2.05) is 52.8 Å². The maximum absolute atomic E-state index is 4.37. The van der Waals surface area contributed by atoms with Crippen LogP contribution in [-0.4, -0.2) is 14.8 Å². The maximum Gasteiger partial charge on any atom is 0.159 e. The summed E-state index contributed by atoms with van der Waals surface area (Å²) >= 11 is 4.93. The molecule has 0 bridgehead atoms. The average Bonchev–Trinajstić information content (AvgIpc) is 2.98. The molecule has 5 heteroatoms. The molecule has 0 radical (unpaired) electrons. The zero-order chi connectivity index (χ0) is 11.7. The number of rotatable bonds is 2. The summed E-state index contributed by atoms with van der Waals surface area (Å²) in [5, 5.41) is 6.35. The van der Waals surface area contributed by atoms with E-state index < -0.39 is 0 Å². The Morgan fingerprint density at radius 3 is 2.71 bits per heavy atom. The molecule has 0 amide bonds. The first-order chi connectivity index (χ1) is 8.33. The molecule has 0 atom stereocenters. The van der Waals surface area contributed by atoms with Gasteiger partial charge in [0.15, 0.2) is 3.92 Å². The first-order valence-electron chi connectivity index (χ1n) is 5.04. The molecule has 1 aromatic carbocycles. The van der Waals surface area contributed by atoms with Crippen LogP contribution >= 0.6 is 27.3 Å². The van der Waals surface area contributed by atoms with Crippen LogP contribution in [0.4, 0.5) is 0 Å². The number of hydrogen-bond acceptors (Lipinski definition) is 3. The smallest absolute Gasteiger partial charge is 0.159 e. The van der Waals surface area contributed by atoms with Gasteiger partial charge in [-0.25, -0.2) is 9.67 Å². The third-order valence-corrected chi connectivity index (χ3v) is 3.74. The molecule has 0 spiro atoms. The third kappa shape index (κ3) is 2.16. The second-order valence-electron chi connectivity index (χ2n) is 3.49. The van der Waals surface area contributed by atoms with Gasteiger partial charge in [-0.2, -0.15) is 5.10 Å². The zero-order valence-corrected chi connectivity index (χ0v) is 11.1. The summed E-state index contributed by atoms with van der Waals surface area (Å²) in [6.07, 6.45) is 3.81. The van der Waals surface area contributed by atoms with Crippen molar-refractivity contribution in [3.8, 4) is 16.9 Å². The van der Waals surface area contributed by atoms with E-state index in [4.69, 9.17) is 0 Å². The molecule has 17 heavy (non-hydrogen) atoms. The van der Waals surface area contributed by atoms with Crippen LogP contribution in [0.1, 0.15) is 0 Å². The highest BCUT2D eigenvalue weighted by Crippen LogP contribution is 2.25. The van der Waals surface area contributed by atoms with E-state index in [0.29, 0.717) is 0 Å². The lowest BCUT2D eigenvalue weighted by molar-refractivity contribution is 0.881. The lowest BCUT2D eigenvalue weighted by atomic mass is 10.3. The molecule has 2 heterocycles. The van der Waals surface area contributed by atoms with Crippen molar-refractivity contribution in [2.24, 2.45) is 0 Å². The molecule has 84 valence electrons. The fourth-order valence-electron chi connectivity index (χ4n) is 1.56. The molecular formula is C12H8BrN3S. The molecule has 0 aliphatic rings. The quantitative estimate of drug-likeness (QED) is 0.722. The van der Waals surface area contributed by atoms with Gasteiger partial charge in [-0.3, -0.25) is 0 Å². The van der Waals surface area contributed by atoms with Crippen LogP contribution in [0.2, 0.25) is 0 Å². The molecular weight excluding hydrogens is 298 g/mol. The molecule has 2 aromatic heterocycles. The Hall–Kier alpha value is -1.46. The van der Waals surface area contributed by atoms with Gasteiger partial charge >= 0.3 is 0 Å². The van der Waals surface area contributed by atoms with Crippen LogP contribution in [0.5, 0.6) is 0 Å². The second kappa shape index (κ2) is 4.43. The van der Waals surface area contributed by atoms with E-state index in [2.05, 4.69) is 26.0 Å². The Labute approximate surface area is 111 Å². The summed E-state index contributed by atoms with van der Waals surface area (Å²) in [6, 6.07) is 10.0. The Morgan fingerprint density at radius 1 is 1.18 bits per heavy atom. The van der Waals surface area contributed by atoms with E-state index in [1.165, 1.54) is 0 Å². The molecule has 0 unspecified atom stereocenters. The van der Waals surface area contributed by atoms with Crippen LogP contribution in [0.15, 0.2) is 52.0 Å². The SMILES string of the molecule is Brc1nc(-c2cnn(-c3ccccc3)c2)cs1. The van der Waals surface area contributed by atoms with Crippen molar-refractivity contribution in [2.45, 2.75) is 0 Å². The topological polar surface area (TPSA) is 30.7 Å². The van der Waals surface area contributed by atoms with Crippen molar-refractivity contribution in [2.75, 3.05) is 0 Å². The summed E-state index contributed by atoms with van der Waals surface area (Å²) in [4.78, 5) is 4.37. The highest BCUT2D eigenvalue weighted by atomic mass is 79.9. The molecule has 0 saturated heterocycles. The number of para-hydroxylation sites is 1. The molecule has 0 aliphatic heterocycles. The standard InChI is InChI=1S/C12H8BrN3S/c13-12-15-11(8-17-12)9-6-14-16(7-9)10-4-2-1-3-5-10/h1-8H. The van der Waals surface area contributed by atoms with E-state index in [0.717, 1.165) is 20.9 Å². The van der Waals surface area contributed by atoms with Gasteiger partial charge in [0.2, 0.25) is 0 Å². The van der Waals surface area contributed by atoms with Crippen LogP contribution in [-0.2, 0) is 0 Å². The van der Waals surface area contributed by atoms with E-state index in [1.54, 1.807) is 11.3 Å². The van der Waals surface area contributed by atoms with Crippen LogP contribution in [0.25, 0.3) is 16.9 Å². The van der Waals surface area contributed by atoms with Gasteiger partial charge in [0.05, 0.1) is 17.6 Å². The second-order valence-corrected chi connectivity index (χ2v) is 5.63. The lowest BCUT2D eigenvalue weighted by Gasteiger charge is -1.98. The minimum atomic E-state index is 0.889. The van der Waals surface area contributed by atoms with E-state index in [-0.39, 0.29) is 0 Å². The van der Waals surface area contributed by atoms with E-state index in [9.17, 15) is 0 Å². The van der Waals surface area contributed by atoms with Gasteiger partial charge in [-0.1, -0.05) is 18.2 Å². The number of nitrogens with zero attached hydrogens (tertiary/aromatic N) is 3. The summed E-state index contributed by atoms with van der Waals surface area (Å²) < 4.78 is 2.74. The summed E-state index contributed by atoms with van der Waals surface area (Å²) in [7, 11) is 0. The van der Waals surface area contributed by atoms with Crippen molar-refractivity contribution in [1.29, 1.82) is 0 Å². The largest absolute Gasteiger partial charge is 0.240 e. The van der Waals surface area contributed by atoms with Gasteiger partial charge in [0.1, 0.15) is 0 Å². The highest BCUT2D eigenvalue weighted by molar-refractivity contribution is 9.11. The average molecular weight is 306 g/mol. The minimum Gasteiger partial charge on any atom is -0.240 e. The normalized spacial score (nSPS) is 10.6. The van der Waals surface area contributed by atoms with Crippen LogP contribution < -0.4 is 0 Å². The van der Waals surface area contributed by atoms with Crippen molar-refractivity contribution in [3.63, 3.8) is 0 Å². The monoisotopic (exact) mass is 305 g/mol. The number of hydrogen-bond donors (Lipinski definition) is 0. The van der Waals surface area contributed by atoms with Gasteiger partial charge in [-0.15, -0.1) is 11.3 Å². The van der Waals surface area contributed by atoms with Crippen molar-refractivity contribution < 1.29 is 0 Å². The first-order valence-corrected chi connectivity index (χ1v) is 6.72. The zero-order valence-electron chi connectivity index (χ0n) is 8.75. The number of thiazole rings is 1. The maximum atomic E-state index is 4.37. The predicted octanol–water partition coefficient (Wildman–Crippen LogP) is 3.76. The Morgan fingerprint density at radius 2 is 2.00 bits per heavy atom. The first kappa shape index (κ1) is 10.7. The Kier molecular flexibility index (Phi) is 2.78. The number of aromatic nitrogens is 3. The molecule has 3 nitrogen and oxygen atoms in total. The van der Waals surface area contributed by atoms with Crippen molar-refractivity contribution in [1.82, 2.24) is 14.8 Å². The molecule has 3 rings (SSSR count). The Balaban J connectivity index is 1.99. The van der Waals surface area contributed by atoms with Crippen LogP contribution in [0, 0.1) is 0 Å². The summed E-state index contributed by atoms with van der Waals surface area (Å²) in [5.74, 6) is 0. The number of benzene rings is 1. The van der Waals surface area contributed by atoms with Gasteiger partial charge < -0.3 is 0 Å².